The van der Waals surface area contributed by atoms with Gasteiger partial charge in [0.25, 0.3) is 0 Å². The number of allylic oxidation sites excluding steroid dienone is 1. The monoisotopic (exact) mass is 645 g/mol. The van der Waals surface area contributed by atoms with E-state index in [1.165, 1.54) is 64.7 Å². The predicted octanol–water partition coefficient (Wildman–Crippen LogP) is 13.7. The normalized spacial score (nSPS) is 12.7. The zero-order valence-corrected chi connectivity index (χ0v) is 27.6. The van der Waals surface area contributed by atoms with Gasteiger partial charge in [0.2, 0.25) is 0 Å². The summed E-state index contributed by atoms with van der Waals surface area (Å²) in [5, 5.41) is 8.70. The molecule has 0 radical (unpaired) electrons. The largest absolute Gasteiger partial charge is 0.456 e. The molecule has 1 aliphatic carbocycles. The average Bonchev–Trinajstić information content (AvgIpc) is 3.73. The highest BCUT2D eigenvalue weighted by Gasteiger charge is 2.18. The average molecular weight is 646 g/mol. The van der Waals surface area contributed by atoms with Crippen LogP contribution in [0, 0.1) is 0 Å². The number of furan rings is 1. The number of benzene rings is 7. The van der Waals surface area contributed by atoms with Crippen molar-refractivity contribution in [3.05, 3.63) is 163 Å². The van der Waals surface area contributed by atoms with Gasteiger partial charge in [0.15, 0.2) is 0 Å². The molecule has 0 spiro atoms. The molecule has 49 heavy (non-hydrogen) atoms. The molecule has 0 atom stereocenters. The van der Waals surface area contributed by atoms with E-state index in [0.717, 1.165) is 46.2 Å². The van der Waals surface area contributed by atoms with Crippen molar-refractivity contribution in [2.24, 2.45) is 0 Å². The molecule has 232 valence electrons. The zero-order chi connectivity index (χ0) is 32.3. The van der Waals surface area contributed by atoms with Crippen molar-refractivity contribution in [3.8, 4) is 33.4 Å². The van der Waals surface area contributed by atoms with Gasteiger partial charge in [-0.2, -0.15) is 0 Å². The molecule has 7 aromatic carbocycles. The van der Waals surface area contributed by atoms with Crippen molar-refractivity contribution in [1.29, 1.82) is 0 Å². The van der Waals surface area contributed by atoms with Crippen LogP contribution in [0.1, 0.15) is 17.5 Å². The third-order valence-electron chi connectivity index (χ3n) is 9.92. The Morgan fingerprint density at radius 3 is 2.24 bits per heavy atom. The lowest BCUT2D eigenvalue weighted by Crippen LogP contribution is -2.00. The smallest absolute Gasteiger partial charge is 0.137 e. The van der Waals surface area contributed by atoms with Gasteiger partial charge in [-0.15, -0.1) is 11.3 Å². The summed E-state index contributed by atoms with van der Waals surface area (Å²) < 4.78 is 8.87. The quantitative estimate of drug-likeness (QED) is 0.201. The maximum absolute atomic E-state index is 6.20. The van der Waals surface area contributed by atoms with Crippen molar-refractivity contribution in [3.63, 3.8) is 0 Å². The highest BCUT2D eigenvalue weighted by molar-refractivity contribution is 7.25. The van der Waals surface area contributed by atoms with Gasteiger partial charge < -0.3 is 9.73 Å². The van der Waals surface area contributed by atoms with Crippen LogP contribution in [0.25, 0.3) is 81.6 Å². The second-order valence-electron chi connectivity index (χ2n) is 12.9. The Balaban J connectivity index is 1.09. The van der Waals surface area contributed by atoms with Crippen LogP contribution >= 0.6 is 11.3 Å². The van der Waals surface area contributed by atoms with Gasteiger partial charge in [-0.1, -0.05) is 103 Å². The second kappa shape index (κ2) is 11.4. The molecule has 2 nitrogen and oxygen atoms in total. The highest BCUT2D eigenvalue weighted by Crippen LogP contribution is 2.42. The van der Waals surface area contributed by atoms with Crippen LogP contribution in [-0.2, 0) is 6.42 Å². The Morgan fingerprint density at radius 1 is 0.510 bits per heavy atom. The molecular weight excluding hydrogens is 615 g/mol. The standard InChI is InChI=1S/C46H31NOS/c1-2-14-34-31(11-1)26-33(35-15-3-6-18-40(35)47-41-19-10-21-43-46(41)37-17-4-7-20-42(37)48-43)28-38(34)32-13-9-12-29(25-32)30-23-24-45-39(27-30)36-16-5-8-22-44(36)49-45/h2-10,12-28,47H,1,11H2. The third-order valence-corrected chi connectivity index (χ3v) is 11.1. The summed E-state index contributed by atoms with van der Waals surface area (Å²) in [6, 6.07) is 52.7. The molecule has 9 aromatic rings. The summed E-state index contributed by atoms with van der Waals surface area (Å²) in [6.07, 6.45) is 6.73. The van der Waals surface area contributed by atoms with Crippen molar-refractivity contribution >= 4 is 70.9 Å². The summed E-state index contributed by atoms with van der Waals surface area (Å²) in [4.78, 5) is 0. The second-order valence-corrected chi connectivity index (χ2v) is 14.0. The third kappa shape index (κ3) is 4.77. The minimum absolute atomic E-state index is 0.887. The number of para-hydroxylation sites is 2. The number of hydrogen-bond acceptors (Lipinski definition) is 3. The van der Waals surface area contributed by atoms with Crippen LogP contribution in [0.4, 0.5) is 11.4 Å². The zero-order valence-electron chi connectivity index (χ0n) is 26.7. The Morgan fingerprint density at radius 2 is 1.27 bits per heavy atom. The lowest BCUT2D eigenvalue weighted by atomic mass is 9.85. The van der Waals surface area contributed by atoms with E-state index in [0.29, 0.717) is 0 Å². The first-order chi connectivity index (χ1) is 24.3. The van der Waals surface area contributed by atoms with Gasteiger partial charge in [0.05, 0.1) is 11.1 Å². The topological polar surface area (TPSA) is 25.2 Å². The molecule has 0 aliphatic heterocycles. The number of rotatable bonds is 5. The summed E-state index contributed by atoms with van der Waals surface area (Å²) >= 11 is 1.87. The molecule has 0 amide bonds. The molecule has 0 saturated heterocycles. The van der Waals surface area contributed by atoms with Crippen LogP contribution in [0.5, 0.6) is 0 Å². The molecule has 0 unspecified atom stereocenters. The van der Waals surface area contributed by atoms with Crippen LogP contribution in [0.3, 0.4) is 0 Å². The molecule has 3 heteroatoms. The van der Waals surface area contributed by atoms with Crippen molar-refractivity contribution in [2.45, 2.75) is 12.8 Å². The number of nitrogens with one attached hydrogen (secondary N) is 1. The van der Waals surface area contributed by atoms with Crippen LogP contribution in [0.2, 0.25) is 0 Å². The molecule has 10 rings (SSSR count). The molecule has 1 aliphatic rings. The van der Waals surface area contributed by atoms with Crippen molar-refractivity contribution < 1.29 is 4.42 Å². The fourth-order valence-corrected chi connectivity index (χ4v) is 8.68. The number of hydrogen-bond donors (Lipinski definition) is 1. The number of anilines is 2. The fourth-order valence-electron chi connectivity index (χ4n) is 7.59. The van der Waals surface area contributed by atoms with E-state index in [4.69, 9.17) is 4.42 Å². The van der Waals surface area contributed by atoms with Crippen LogP contribution in [0.15, 0.2) is 156 Å². The predicted molar refractivity (Wildman–Crippen MR) is 210 cm³/mol. The molecule has 0 bridgehead atoms. The highest BCUT2D eigenvalue weighted by atomic mass is 32.1. The first kappa shape index (κ1) is 28.1. The summed E-state index contributed by atoms with van der Waals surface area (Å²) in [5.41, 5.74) is 14.0. The lowest BCUT2D eigenvalue weighted by molar-refractivity contribution is 0.669. The molecule has 0 fully saturated rings. The number of fused-ring (bicyclic) bond motifs is 7. The molecule has 0 saturated carbocycles. The van der Waals surface area contributed by atoms with E-state index in [9.17, 15) is 0 Å². The van der Waals surface area contributed by atoms with Gasteiger partial charge in [-0.3, -0.25) is 0 Å². The first-order valence-corrected chi connectivity index (χ1v) is 17.7. The molecule has 2 heterocycles. The minimum atomic E-state index is 0.887. The van der Waals surface area contributed by atoms with E-state index < -0.39 is 0 Å². The number of aryl methyl sites for hydroxylation is 1. The van der Waals surface area contributed by atoms with Gasteiger partial charge in [0, 0.05) is 36.8 Å². The number of thiophene rings is 1. The van der Waals surface area contributed by atoms with E-state index >= 15 is 0 Å². The van der Waals surface area contributed by atoms with Gasteiger partial charge in [0.1, 0.15) is 11.2 Å². The van der Waals surface area contributed by atoms with Gasteiger partial charge >= 0.3 is 0 Å². The summed E-state index contributed by atoms with van der Waals surface area (Å²) in [6.45, 7) is 0. The van der Waals surface area contributed by atoms with Crippen LogP contribution < -0.4 is 5.32 Å². The van der Waals surface area contributed by atoms with Gasteiger partial charge in [-0.05, 0) is 106 Å². The molecule has 1 N–H and O–H groups in total. The Labute approximate surface area is 288 Å². The Hall–Kier alpha value is -5.90. The van der Waals surface area contributed by atoms with Gasteiger partial charge in [-0.25, -0.2) is 0 Å². The van der Waals surface area contributed by atoms with E-state index in [-0.39, 0.29) is 0 Å². The van der Waals surface area contributed by atoms with E-state index in [1.807, 2.05) is 29.5 Å². The summed E-state index contributed by atoms with van der Waals surface area (Å²) in [5.74, 6) is 0. The lowest BCUT2D eigenvalue weighted by Gasteiger charge is -2.20. The van der Waals surface area contributed by atoms with E-state index in [2.05, 4.69) is 145 Å². The SMILES string of the molecule is C1=Cc2c(cc(-c3ccccc3Nc3cccc4oc5ccccc5c34)cc2-c2cccc(-c3ccc4sc5ccccc5c4c3)c2)CC1. The Bertz CT molecular complexity index is 2760. The molecule has 2 aromatic heterocycles. The maximum atomic E-state index is 6.20. The van der Waals surface area contributed by atoms with Crippen LogP contribution in [-0.4, -0.2) is 0 Å². The summed E-state index contributed by atoms with van der Waals surface area (Å²) in [7, 11) is 0. The minimum Gasteiger partial charge on any atom is -0.456 e. The fraction of sp³-hybridized carbons (Fsp3) is 0.0435. The molecular formula is C46H31NOS. The van der Waals surface area contributed by atoms with Crippen molar-refractivity contribution in [2.75, 3.05) is 5.32 Å². The first-order valence-electron chi connectivity index (χ1n) is 16.9. The van der Waals surface area contributed by atoms with Crippen molar-refractivity contribution in [1.82, 2.24) is 0 Å². The van der Waals surface area contributed by atoms with E-state index in [1.54, 1.807) is 0 Å². The Kier molecular flexibility index (Phi) is 6.53. The maximum Gasteiger partial charge on any atom is 0.137 e.